The molecule has 0 bridgehead atoms. The standard InChI is InChI=1S/C10H18N2S/c1-2-3-4-6-9(12-11)10-7-5-8-13-10/h5,7-9,12H,2-4,6,11H2,1H3. The number of hydrogen-bond donors (Lipinski definition) is 2. The quantitative estimate of drug-likeness (QED) is 0.419. The first-order valence-electron chi connectivity index (χ1n) is 4.88. The molecule has 0 saturated heterocycles. The average molecular weight is 198 g/mol. The first kappa shape index (κ1) is 10.7. The first-order valence-corrected chi connectivity index (χ1v) is 5.76. The minimum Gasteiger partial charge on any atom is -0.271 e. The van der Waals surface area contributed by atoms with Gasteiger partial charge in [0.05, 0.1) is 6.04 Å². The lowest BCUT2D eigenvalue weighted by Gasteiger charge is -2.13. The predicted molar refractivity (Wildman–Crippen MR) is 58.5 cm³/mol. The molecule has 1 atom stereocenters. The molecule has 13 heavy (non-hydrogen) atoms. The molecule has 0 aliphatic rings. The maximum atomic E-state index is 5.50. The summed E-state index contributed by atoms with van der Waals surface area (Å²) in [6, 6.07) is 4.57. The van der Waals surface area contributed by atoms with E-state index in [1.54, 1.807) is 11.3 Å². The van der Waals surface area contributed by atoms with Gasteiger partial charge in [0.15, 0.2) is 0 Å². The van der Waals surface area contributed by atoms with Gasteiger partial charge in [0.2, 0.25) is 0 Å². The zero-order chi connectivity index (χ0) is 9.52. The molecule has 0 saturated carbocycles. The van der Waals surface area contributed by atoms with E-state index >= 15 is 0 Å². The third-order valence-electron chi connectivity index (χ3n) is 2.18. The number of rotatable bonds is 6. The number of thiophene rings is 1. The van der Waals surface area contributed by atoms with Crippen molar-refractivity contribution in [1.82, 2.24) is 5.43 Å². The average Bonchev–Trinajstić information content (AvgIpc) is 2.65. The van der Waals surface area contributed by atoms with Crippen LogP contribution >= 0.6 is 11.3 Å². The molecule has 1 aromatic rings. The molecule has 0 spiro atoms. The van der Waals surface area contributed by atoms with Crippen LogP contribution in [0.25, 0.3) is 0 Å². The van der Waals surface area contributed by atoms with Crippen molar-refractivity contribution < 1.29 is 0 Å². The summed E-state index contributed by atoms with van der Waals surface area (Å²) in [4.78, 5) is 1.35. The van der Waals surface area contributed by atoms with Gasteiger partial charge in [-0.15, -0.1) is 11.3 Å². The highest BCUT2D eigenvalue weighted by atomic mass is 32.1. The van der Waals surface area contributed by atoms with Crippen molar-refractivity contribution in [2.24, 2.45) is 5.84 Å². The zero-order valence-corrected chi connectivity index (χ0v) is 8.94. The van der Waals surface area contributed by atoms with Gasteiger partial charge in [-0.3, -0.25) is 11.3 Å². The summed E-state index contributed by atoms with van der Waals surface area (Å²) in [5, 5.41) is 2.10. The minimum atomic E-state index is 0.353. The van der Waals surface area contributed by atoms with Crippen molar-refractivity contribution in [2.75, 3.05) is 0 Å². The normalized spacial score (nSPS) is 13.1. The van der Waals surface area contributed by atoms with Gasteiger partial charge in [-0.05, 0) is 17.9 Å². The Balaban J connectivity index is 2.35. The summed E-state index contributed by atoms with van der Waals surface area (Å²) >= 11 is 1.77. The van der Waals surface area contributed by atoms with Gasteiger partial charge in [0, 0.05) is 4.88 Å². The summed E-state index contributed by atoms with van der Waals surface area (Å²) < 4.78 is 0. The molecule has 0 aromatic carbocycles. The Bertz CT molecular complexity index is 209. The first-order chi connectivity index (χ1) is 6.38. The van der Waals surface area contributed by atoms with Crippen LogP contribution in [-0.2, 0) is 0 Å². The second kappa shape index (κ2) is 6.13. The summed E-state index contributed by atoms with van der Waals surface area (Å²) in [5.74, 6) is 5.50. The van der Waals surface area contributed by atoms with Gasteiger partial charge in [-0.2, -0.15) is 0 Å². The maximum Gasteiger partial charge on any atom is 0.0553 e. The number of nitrogens with two attached hydrogens (primary N) is 1. The Morgan fingerprint density at radius 3 is 2.92 bits per heavy atom. The van der Waals surface area contributed by atoms with Crippen LogP contribution in [0.4, 0.5) is 0 Å². The van der Waals surface area contributed by atoms with Gasteiger partial charge < -0.3 is 0 Å². The summed E-state index contributed by atoms with van der Waals surface area (Å²) in [6.45, 7) is 2.22. The fourth-order valence-corrected chi connectivity index (χ4v) is 2.22. The van der Waals surface area contributed by atoms with Crippen molar-refractivity contribution in [3.05, 3.63) is 22.4 Å². The molecule has 1 aromatic heterocycles. The Labute approximate surface area is 84.1 Å². The van der Waals surface area contributed by atoms with Gasteiger partial charge in [-0.25, -0.2) is 0 Å². The maximum absolute atomic E-state index is 5.50. The van der Waals surface area contributed by atoms with Crippen LogP contribution < -0.4 is 11.3 Å². The lowest BCUT2D eigenvalue weighted by Crippen LogP contribution is -2.27. The smallest absolute Gasteiger partial charge is 0.0553 e. The number of hydrazine groups is 1. The number of unbranched alkanes of at least 4 members (excludes halogenated alkanes) is 2. The Hall–Kier alpha value is -0.380. The molecule has 0 amide bonds. The summed E-state index contributed by atoms with van der Waals surface area (Å²) in [6.07, 6.45) is 4.96. The topological polar surface area (TPSA) is 38.0 Å². The largest absolute Gasteiger partial charge is 0.271 e. The molecule has 0 fully saturated rings. The number of nitrogens with one attached hydrogen (secondary N) is 1. The second-order valence-electron chi connectivity index (χ2n) is 3.23. The van der Waals surface area contributed by atoms with E-state index < -0.39 is 0 Å². The molecule has 74 valence electrons. The Morgan fingerprint density at radius 2 is 2.38 bits per heavy atom. The molecule has 2 nitrogen and oxygen atoms in total. The zero-order valence-electron chi connectivity index (χ0n) is 8.12. The molecule has 0 radical (unpaired) electrons. The second-order valence-corrected chi connectivity index (χ2v) is 4.21. The molecular weight excluding hydrogens is 180 g/mol. The van der Waals surface area contributed by atoms with Crippen LogP contribution in [-0.4, -0.2) is 0 Å². The van der Waals surface area contributed by atoms with Crippen molar-refractivity contribution in [3.63, 3.8) is 0 Å². The van der Waals surface area contributed by atoms with Crippen molar-refractivity contribution in [3.8, 4) is 0 Å². The molecule has 0 aliphatic heterocycles. The van der Waals surface area contributed by atoms with Crippen LogP contribution in [0.2, 0.25) is 0 Å². The Morgan fingerprint density at radius 1 is 1.54 bits per heavy atom. The van der Waals surface area contributed by atoms with Gasteiger partial charge >= 0.3 is 0 Å². The highest BCUT2D eigenvalue weighted by molar-refractivity contribution is 7.10. The van der Waals surface area contributed by atoms with E-state index in [1.807, 2.05) is 0 Å². The van der Waals surface area contributed by atoms with E-state index in [0.717, 1.165) is 6.42 Å². The van der Waals surface area contributed by atoms with Gasteiger partial charge in [0.1, 0.15) is 0 Å². The SMILES string of the molecule is CCCCCC(NN)c1cccs1. The van der Waals surface area contributed by atoms with E-state index in [4.69, 9.17) is 5.84 Å². The van der Waals surface area contributed by atoms with Crippen LogP contribution in [0.3, 0.4) is 0 Å². The van der Waals surface area contributed by atoms with E-state index in [9.17, 15) is 0 Å². The third kappa shape index (κ3) is 3.46. The van der Waals surface area contributed by atoms with Gasteiger partial charge in [-0.1, -0.05) is 32.3 Å². The van der Waals surface area contributed by atoms with Crippen molar-refractivity contribution in [2.45, 2.75) is 38.6 Å². The third-order valence-corrected chi connectivity index (χ3v) is 3.17. The molecule has 1 unspecified atom stereocenters. The van der Waals surface area contributed by atoms with E-state index in [1.165, 1.54) is 24.1 Å². The molecule has 3 N–H and O–H groups in total. The highest BCUT2D eigenvalue weighted by Gasteiger charge is 2.08. The monoisotopic (exact) mass is 198 g/mol. The van der Waals surface area contributed by atoms with Crippen molar-refractivity contribution in [1.29, 1.82) is 0 Å². The molecular formula is C10H18N2S. The van der Waals surface area contributed by atoms with Crippen LogP contribution in [0.15, 0.2) is 17.5 Å². The van der Waals surface area contributed by atoms with Crippen LogP contribution in [0.5, 0.6) is 0 Å². The van der Waals surface area contributed by atoms with Gasteiger partial charge in [0.25, 0.3) is 0 Å². The summed E-state index contributed by atoms with van der Waals surface area (Å²) in [5.41, 5.74) is 2.87. The minimum absolute atomic E-state index is 0.353. The number of hydrogen-bond acceptors (Lipinski definition) is 3. The van der Waals surface area contributed by atoms with E-state index in [0.29, 0.717) is 6.04 Å². The van der Waals surface area contributed by atoms with Crippen molar-refractivity contribution >= 4 is 11.3 Å². The highest BCUT2D eigenvalue weighted by Crippen LogP contribution is 2.23. The summed E-state index contributed by atoms with van der Waals surface area (Å²) in [7, 11) is 0. The predicted octanol–water partition coefficient (Wildman–Crippen LogP) is 2.83. The van der Waals surface area contributed by atoms with E-state index in [-0.39, 0.29) is 0 Å². The van der Waals surface area contributed by atoms with Crippen LogP contribution in [0, 0.1) is 0 Å². The van der Waals surface area contributed by atoms with Crippen LogP contribution in [0.1, 0.15) is 43.5 Å². The lowest BCUT2D eigenvalue weighted by molar-refractivity contribution is 0.493. The molecule has 1 rings (SSSR count). The molecule has 0 aliphatic carbocycles. The fourth-order valence-electron chi connectivity index (χ4n) is 1.40. The van der Waals surface area contributed by atoms with E-state index in [2.05, 4.69) is 29.9 Å². The molecule has 3 heteroatoms. The Kier molecular flexibility index (Phi) is 5.05. The fraction of sp³-hybridized carbons (Fsp3) is 0.600. The lowest BCUT2D eigenvalue weighted by atomic mass is 10.1. The molecule has 1 heterocycles.